The molecule has 1 aliphatic heterocycles. The van der Waals surface area contributed by atoms with Crippen molar-refractivity contribution in [2.75, 3.05) is 32.6 Å². The van der Waals surface area contributed by atoms with Crippen LogP contribution in [0.3, 0.4) is 0 Å². The van der Waals surface area contributed by atoms with Crippen molar-refractivity contribution in [1.82, 2.24) is 20.4 Å². The molecule has 1 fully saturated rings. The normalized spacial score (nSPS) is 17.9. The standard InChI is InChI=1S/C19H35N5OS.HI/c1-7-20-18(21-13-19(26-6)8-10-25-11-9-19)22-14(2)12-17-15(3)23-24(5)16(17)4;/h14H,7-13H2,1-6H3,(H2,20,21,22);1H. The Bertz CT molecular complexity index is 613. The van der Waals surface area contributed by atoms with Gasteiger partial charge in [0.25, 0.3) is 0 Å². The Labute approximate surface area is 185 Å². The molecule has 6 nitrogen and oxygen atoms in total. The van der Waals surface area contributed by atoms with Gasteiger partial charge in [-0.15, -0.1) is 24.0 Å². The smallest absolute Gasteiger partial charge is 0.191 e. The lowest BCUT2D eigenvalue weighted by Gasteiger charge is -2.34. The molecule has 0 aliphatic carbocycles. The van der Waals surface area contributed by atoms with E-state index in [0.717, 1.165) is 57.2 Å². The van der Waals surface area contributed by atoms with Crippen molar-refractivity contribution in [3.05, 3.63) is 17.0 Å². The fourth-order valence-corrected chi connectivity index (χ4v) is 4.19. The molecule has 0 bridgehead atoms. The second-order valence-corrected chi connectivity index (χ2v) is 8.49. The third-order valence-corrected chi connectivity index (χ3v) is 6.66. The number of aryl methyl sites for hydroxylation is 2. The van der Waals surface area contributed by atoms with Crippen LogP contribution in [0.1, 0.15) is 43.6 Å². The number of ether oxygens (including phenoxy) is 1. The van der Waals surface area contributed by atoms with E-state index >= 15 is 0 Å². The second-order valence-electron chi connectivity index (χ2n) is 7.22. The maximum atomic E-state index is 5.54. The van der Waals surface area contributed by atoms with Gasteiger partial charge < -0.3 is 15.4 Å². The molecule has 27 heavy (non-hydrogen) atoms. The van der Waals surface area contributed by atoms with Gasteiger partial charge in [-0.3, -0.25) is 9.67 Å². The first-order valence-electron chi connectivity index (χ1n) is 9.57. The van der Waals surface area contributed by atoms with Crippen molar-refractivity contribution in [2.24, 2.45) is 12.0 Å². The number of thioether (sulfide) groups is 1. The fraction of sp³-hybridized carbons (Fsp3) is 0.789. The molecule has 0 saturated carbocycles. The summed E-state index contributed by atoms with van der Waals surface area (Å²) < 4.78 is 7.71. The van der Waals surface area contributed by atoms with E-state index in [0.29, 0.717) is 0 Å². The topological polar surface area (TPSA) is 63.5 Å². The Balaban J connectivity index is 0.00000364. The summed E-state index contributed by atoms with van der Waals surface area (Å²) in [5.74, 6) is 0.902. The quantitative estimate of drug-likeness (QED) is 0.336. The van der Waals surface area contributed by atoms with E-state index in [1.165, 1.54) is 11.3 Å². The predicted octanol–water partition coefficient (Wildman–Crippen LogP) is 3.05. The van der Waals surface area contributed by atoms with Crippen LogP contribution in [0.2, 0.25) is 0 Å². The molecule has 1 saturated heterocycles. The zero-order valence-corrected chi connectivity index (χ0v) is 20.7. The van der Waals surface area contributed by atoms with Crippen LogP contribution in [0, 0.1) is 13.8 Å². The van der Waals surface area contributed by atoms with Crippen LogP contribution in [0.4, 0.5) is 0 Å². The van der Waals surface area contributed by atoms with Gasteiger partial charge in [0.1, 0.15) is 0 Å². The molecule has 2 N–H and O–H groups in total. The molecule has 1 aromatic heterocycles. The molecule has 1 unspecified atom stereocenters. The summed E-state index contributed by atoms with van der Waals surface area (Å²) in [6.45, 7) is 11.9. The fourth-order valence-electron chi connectivity index (χ4n) is 3.42. The minimum Gasteiger partial charge on any atom is -0.381 e. The zero-order chi connectivity index (χ0) is 19.2. The Morgan fingerprint density at radius 1 is 1.37 bits per heavy atom. The van der Waals surface area contributed by atoms with Crippen molar-refractivity contribution in [1.29, 1.82) is 0 Å². The van der Waals surface area contributed by atoms with Crippen molar-refractivity contribution in [3.63, 3.8) is 0 Å². The highest BCUT2D eigenvalue weighted by Crippen LogP contribution is 2.33. The van der Waals surface area contributed by atoms with Gasteiger partial charge in [-0.25, -0.2) is 0 Å². The molecule has 1 atom stereocenters. The number of guanidine groups is 1. The van der Waals surface area contributed by atoms with Gasteiger partial charge in [-0.2, -0.15) is 16.9 Å². The van der Waals surface area contributed by atoms with E-state index in [2.05, 4.69) is 49.7 Å². The highest BCUT2D eigenvalue weighted by molar-refractivity contribution is 14.0. The number of aromatic nitrogens is 2. The number of rotatable bonds is 7. The first kappa shape index (κ1) is 24.6. The van der Waals surface area contributed by atoms with Crippen LogP contribution in [-0.4, -0.2) is 59.1 Å². The van der Waals surface area contributed by atoms with Gasteiger partial charge in [0.05, 0.1) is 12.2 Å². The zero-order valence-electron chi connectivity index (χ0n) is 17.6. The van der Waals surface area contributed by atoms with Crippen LogP contribution >= 0.6 is 35.7 Å². The molecule has 156 valence electrons. The van der Waals surface area contributed by atoms with Crippen molar-refractivity contribution in [2.45, 2.75) is 57.7 Å². The van der Waals surface area contributed by atoms with Gasteiger partial charge in [-0.05, 0) is 58.8 Å². The lowest BCUT2D eigenvalue weighted by Crippen LogP contribution is -2.44. The molecule has 0 amide bonds. The SMILES string of the molecule is CCNC(=NCC1(SC)CCOCC1)NC(C)Cc1c(C)nn(C)c1C.I. The molecule has 0 radical (unpaired) electrons. The predicted molar refractivity (Wildman–Crippen MR) is 127 cm³/mol. The summed E-state index contributed by atoms with van der Waals surface area (Å²) in [6.07, 6.45) is 5.27. The molecular formula is C19H36IN5OS. The van der Waals surface area contributed by atoms with E-state index in [9.17, 15) is 0 Å². The highest BCUT2D eigenvalue weighted by Gasteiger charge is 2.31. The Hall–Kier alpha value is -0.480. The van der Waals surface area contributed by atoms with Gasteiger partial charge in [-0.1, -0.05) is 0 Å². The largest absolute Gasteiger partial charge is 0.381 e. The van der Waals surface area contributed by atoms with Crippen LogP contribution in [-0.2, 0) is 18.2 Å². The summed E-state index contributed by atoms with van der Waals surface area (Å²) >= 11 is 1.93. The van der Waals surface area contributed by atoms with Crippen LogP contribution < -0.4 is 10.6 Å². The lowest BCUT2D eigenvalue weighted by atomic mass is 9.99. The average molecular weight is 510 g/mol. The minimum absolute atomic E-state index is 0. The number of hydrogen-bond acceptors (Lipinski definition) is 4. The minimum atomic E-state index is 0. The first-order chi connectivity index (χ1) is 12.4. The summed E-state index contributed by atoms with van der Waals surface area (Å²) in [5, 5.41) is 11.5. The summed E-state index contributed by atoms with van der Waals surface area (Å²) in [4.78, 5) is 4.91. The first-order valence-corrected chi connectivity index (χ1v) is 10.8. The molecule has 2 heterocycles. The Kier molecular flexibility index (Phi) is 10.5. The van der Waals surface area contributed by atoms with Crippen molar-refractivity contribution < 1.29 is 4.74 Å². The Morgan fingerprint density at radius 2 is 2.04 bits per heavy atom. The van der Waals surface area contributed by atoms with Crippen LogP contribution in [0.15, 0.2) is 4.99 Å². The maximum absolute atomic E-state index is 5.54. The summed E-state index contributed by atoms with van der Waals surface area (Å²) in [6, 6.07) is 0.286. The molecule has 1 aliphatic rings. The van der Waals surface area contributed by atoms with E-state index in [4.69, 9.17) is 9.73 Å². The molecule has 0 aromatic carbocycles. The third-order valence-electron chi connectivity index (χ3n) is 5.26. The molecular weight excluding hydrogens is 473 g/mol. The number of hydrogen-bond donors (Lipinski definition) is 2. The van der Waals surface area contributed by atoms with E-state index in [-0.39, 0.29) is 34.8 Å². The number of aliphatic imine (C=N–C) groups is 1. The highest BCUT2D eigenvalue weighted by atomic mass is 127. The molecule has 1 aromatic rings. The van der Waals surface area contributed by atoms with Gasteiger partial charge >= 0.3 is 0 Å². The van der Waals surface area contributed by atoms with Crippen LogP contribution in [0.5, 0.6) is 0 Å². The molecule has 2 rings (SSSR count). The van der Waals surface area contributed by atoms with E-state index in [1.54, 1.807) is 0 Å². The van der Waals surface area contributed by atoms with Gasteiger partial charge in [0.2, 0.25) is 0 Å². The van der Waals surface area contributed by atoms with E-state index < -0.39 is 0 Å². The number of nitrogens with one attached hydrogen (secondary N) is 2. The maximum Gasteiger partial charge on any atom is 0.191 e. The monoisotopic (exact) mass is 509 g/mol. The molecule has 8 heteroatoms. The lowest BCUT2D eigenvalue weighted by molar-refractivity contribution is 0.0794. The number of nitrogens with zero attached hydrogens (tertiary/aromatic N) is 3. The number of halogens is 1. The van der Waals surface area contributed by atoms with Gasteiger partial charge in [0, 0.05) is 43.3 Å². The summed E-state index contributed by atoms with van der Waals surface area (Å²) in [5.41, 5.74) is 3.68. The Morgan fingerprint density at radius 3 is 2.56 bits per heavy atom. The molecule has 0 spiro atoms. The van der Waals surface area contributed by atoms with Crippen molar-refractivity contribution in [3.8, 4) is 0 Å². The summed E-state index contributed by atoms with van der Waals surface area (Å²) in [7, 11) is 2.01. The second kappa shape index (κ2) is 11.5. The van der Waals surface area contributed by atoms with Crippen molar-refractivity contribution >= 4 is 41.7 Å². The average Bonchev–Trinajstić information content (AvgIpc) is 2.87. The van der Waals surface area contributed by atoms with Gasteiger partial charge in [0.15, 0.2) is 5.96 Å². The third kappa shape index (κ3) is 6.81. The van der Waals surface area contributed by atoms with E-state index in [1.807, 2.05) is 23.5 Å². The van der Waals surface area contributed by atoms with Crippen LogP contribution in [0.25, 0.3) is 0 Å².